The lowest BCUT2D eigenvalue weighted by molar-refractivity contribution is -0.139. The van der Waals surface area contributed by atoms with Crippen LogP contribution in [0.5, 0.6) is 11.6 Å². The fourth-order valence-electron chi connectivity index (χ4n) is 5.23. The number of hydrogen-bond donors (Lipinski definition) is 1. The van der Waals surface area contributed by atoms with Gasteiger partial charge in [-0.3, -0.25) is 9.59 Å². The van der Waals surface area contributed by atoms with Crippen LogP contribution in [0.2, 0.25) is 0 Å². The van der Waals surface area contributed by atoms with Gasteiger partial charge in [0.2, 0.25) is 17.7 Å². The number of aromatic nitrogens is 1. The number of nitrogens with one attached hydrogen (secondary N) is 1. The fraction of sp³-hybridized carbons (Fsp3) is 0.536. The quantitative estimate of drug-likeness (QED) is 0.623. The maximum atomic E-state index is 14.6. The van der Waals surface area contributed by atoms with E-state index in [1.165, 1.54) is 6.07 Å². The van der Waals surface area contributed by atoms with Crippen LogP contribution in [0, 0.1) is 17.7 Å². The highest BCUT2D eigenvalue weighted by atomic mass is 19.1. The second-order valence-electron chi connectivity index (χ2n) is 10.0. The highest BCUT2D eigenvalue weighted by molar-refractivity contribution is 5.89. The van der Waals surface area contributed by atoms with Crippen molar-refractivity contribution in [2.24, 2.45) is 11.8 Å². The largest absolute Gasteiger partial charge is 0.491 e. The molecule has 1 fully saturated rings. The van der Waals surface area contributed by atoms with Crippen LogP contribution in [0.4, 0.5) is 4.39 Å². The van der Waals surface area contributed by atoms with E-state index in [2.05, 4.69) is 30.2 Å². The normalized spacial score (nSPS) is 26.7. The molecule has 1 N–H and O–H groups in total. The van der Waals surface area contributed by atoms with Gasteiger partial charge in [0.1, 0.15) is 12.1 Å². The zero-order valence-corrected chi connectivity index (χ0v) is 21.3. The summed E-state index contributed by atoms with van der Waals surface area (Å²) in [4.78, 5) is 32.3. The number of fused-ring (bicyclic) bond motifs is 2. The van der Waals surface area contributed by atoms with Gasteiger partial charge in [0.25, 0.3) is 0 Å². The Morgan fingerprint density at radius 3 is 2.81 bits per heavy atom. The van der Waals surface area contributed by atoms with E-state index < -0.39 is 18.0 Å². The summed E-state index contributed by atoms with van der Waals surface area (Å²) in [5, 5.41) is 4.20. The van der Waals surface area contributed by atoms with Crippen LogP contribution in [0.15, 0.2) is 36.5 Å². The number of halogens is 1. The van der Waals surface area contributed by atoms with E-state index in [-0.39, 0.29) is 35.9 Å². The third-order valence-corrected chi connectivity index (χ3v) is 6.96. The predicted octanol–water partition coefficient (Wildman–Crippen LogP) is 4.64. The Morgan fingerprint density at radius 2 is 2.00 bits per heavy atom. The summed E-state index contributed by atoms with van der Waals surface area (Å²) in [5.74, 6) is 0.507. The van der Waals surface area contributed by atoms with Gasteiger partial charge in [-0.2, -0.15) is 0 Å². The van der Waals surface area contributed by atoms with E-state index in [0.29, 0.717) is 37.3 Å². The maximum absolute atomic E-state index is 14.6. The number of allylic oxidation sites excluding steroid dienone is 1. The molecule has 0 spiro atoms. The third kappa shape index (κ3) is 6.15. The molecule has 2 aromatic rings. The average Bonchev–Trinajstić information content (AvgIpc) is 3.26. The Bertz CT molecular complexity index is 1120. The molecule has 1 aromatic heterocycles. The molecule has 0 unspecified atom stereocenters. The summed E-state index contributed by atoms with van der Waals surface area (Å²) < 4.78 is 26.2. The molecule has 1 saturated heterocycles. The maximum Gasteiger partial charge on any atom is 0.243 e. The summed E-state index contributed by atoms with van der Waals surface area (Å²) in [5.41, 5.74) is 0. The molecular formula is C28H36FN3O4. The molecule has 0 saturated carbocycles. The Balaban J connectivity index is 1.55. The van der Waals surface area contributed by atoms with Gasteiger partial charge >= 0.3 is 0 Å². The van der Waals surface area contributed by atoms with Crippen molar-refractivity contribution in [1.82, 2.24) is 15.2 Å². The van der Waals surface area contributed by atoms with Crippen LogP contribution in [0.3, 0.4) is 0 Å². The lowest BCUT2D eigenvalue weighted by Gasteiger charge is -2.26. The number of pyridine rings is 1. The van der Waals surface area contributed by atoms with Gasteiger partial charge in [-0.05, 0) is 61.6 Å². The SMILES string of the molecule is CCOc1cc2ccnc(O[C@@H]3C[C@H]4C(=O)NC/C=C\CC[C@@H](C)C[C@@H](C)CC(=O)N4C3)c2cc1F. The Labute approximate surface area is 212 Å². The number of amides is 2. The van der Waals surface area contributed by atoms with Crippen LogP contribution in [-0.4, -0.2) is 53.5 Å². The molecule has 7 nitrogen and oxygen atoms in total. The van der Waals surface area contributed by atoms with Gasteiger partial charge in [-0.25, -0.2) is 9.37 Å². The van der Waals surface area contributed by atoms with Crippen molar-refractivity contribution in [2.75, 3.05) is 19.7 Å². The van der Waals surface area contributed by atoms with Crippen LogP contribution in [0.1, 0.15) is 52.9 Å². The van der Waals surface area contributed by atoms with Crippen molar-refractivity contribution in [3.8, 4) is 11.6 Å². The van der Waals surface area contributed by atoms with Crippen molar-refractivity contribution in [1.29, 1.82) is 0 Å². The summed E-state index contributed by atoms with van der Waals surface area (Å²) in [6.07, 6.45) is 9.00. The van der Waals surface area contributed by atoms with Crippen molar-refractivity contribution < 1.29 is 23.5 Å². The van der Waals surface area contributed by atoms with Gasteiger partial charge in [-0.15, -0.1) is 0 Å². The number of nitrogens with zero attached hydrogens (tertiary/aromatic N) is 2. The molecule has 0 radical (unpaired) electrons. The number of ether oxygens (including phenoxy) is 2. The van der Waals surface area contributed by atoms with Crippen molar-refractivity contribution in [3.63, 3.8) is 0 Å². The van der Waals surface area contributed by atoms with Gasteiger partial charge in [0.15, 0.2) is 11.6 Å². The molecule has 2 aliphatic heterocycles. The lowest BCUT2D eigenvalue weighted by Crippen LogP contribution is -2.46. The topological polar surface area (TPSA) is 80.8 Å². The lowest BCUT2D eigenvalue weighted by atomic mass is 9.91. The van der Waals surface area contributed by atoms with E-state index >= 15 is 0 Å². The molecule has 0 bridgehead atoms. The number of rotatable bonds is 4. The molecule has 2 amide bonds. The van der Waals surface area contributed by atoms with Crippen molar-refractivity contribution >= 4 is 22.6 Å². The molecule has 8 heteroatoms. The minimum absolute atomic E-state index is 0.0353. The minimum atomic E-state index is -0.611. The molecule has 3 heterocycles. The first-order valence-electron chi connectivity index (χ1n) is 13.0. The molecule has 36 heavy (non-hydrogen) atoms. The standard InChI is InChI=1S/C28H36FN3O4/c1-4-35-25-14-20-9-11-31-28(22(20)16-23(25)29)36-21-15-24-27(34)30-10-7-5-6-8-18(2)12-19(3)13-26(33)32(24)17-21/h5,7,9,11,14,16,18-19,21,24H,4,6,8,10,12-13,15,17H2,1-3H3,(H,30,34)/b7-5-/t18-,19-,21-,24+/m1/s1. The van der Waals surface area contributed by atoms with E-state index in [1.54, 1.807) is 30.2 Å². The minimum Gasteiger partial charge on any atom is -0.491 e. The smallest absolute Gasteiger partial charge is 0.243 e. The number of hydrogen-bond acceptors (Lipinski definition) is 5. The molecule has 1 aromatic carbocycles. The first kappa shape index (κ1) is 25.9. The van der Waals surface area contributed by atoms with Crippen LogP contribution in [-0.2, 0) is 9.59 Å². The fourth-order valence-corrected chi connectivity index (χ4v) is 5.23. The summed E-state index contributed by atoms with van der Waals surface area (Å²) in [7, 11) is 0. The van der Waals surface area contributed by atoms with E-state index in [9.17, 15) is 14.0 Å². The predicted molar refractivity (Wildman–Crippen MR) is 136 cm³/mol. The van der Waals surface area contributed by atoms with Gasteiger partial charge in [0.05, 0.1) is 13.2 Å². The Hall–Kier alpha value is -3.16. The van der Waals surface area contributed by atoms with Gasteiger partial charge < -0.3 is 19.7 Å². The summed E-state index contributed by atoms with van der Waals surface area (Å²) in [6.45, 7) is 7.20. The summed E-state index contributed by atoms with van der Waals surface area (Å²) in [6, 6.07) is 4.15. The first-order valence-corrected chi connectivity index (χ1v) is 13.0. The van der Waals surface area contributed by atoms with Crippen molar-refractivity contribution in [3.05, 3.63) is 42.4 Å². The third-order valence-electron chi connectivity index (χ3n) is 6.96. The zero-order valence-electron chi connectivity index (χ0n) is 21.3. The highest BCUT2D eigenvalue weighted by Crippen LogP contribution is 2.32. The molecule has 0 aliphatic carbocycles. The molecular weight excluding hydrogens is 461 g/mol. The van der Waals surface area contributed by atoms with E-state index in [0.717, 1.165) is 24.6 Å². The summed E-state index contributed by atoms with van der Waals surface area (Å²) >= 11 is 0. The van der Waals surface area contributed by atoms with Crippen LogP contribution >= 0.6 is 0 Å². The monoisotopic (exact) mass is 497 g/mol. The second-order valence-corrected chi connectivity index (χ2v) is 10.0. The Kier molecular flexibility index (Phi) is 8.44. The van der Waals surface area contributed by atoms with Gasteiger partial charge in [-0.1, -0.05) is 26.0 Å². The van der Waals surface area contributed by atoms with E-state index in [1.807, 2.05) is 6.08 Å². The number of carbonyl (C=O) groups is 2. The first-order chi connectivity index (χ1) is 17.4. The molecule has 4 rings (SSSR count). The second kappa shape index (κ2) is 11.7. The van der Waals surface area contributed by atoms with Gasteiger partial charge in [0, 0.05) is 31.0 Å². The number of carbonyl (C=O) groups excluding carboxylic acids is 2. The Morgan fingerprint density at radius 1 is 1.17 bits per heavy atom. The molecule has 2 aliphatic rings. The zero-order chi connectivity index (χ0) is 25.7. The highest BCUT2D eigenvalue weighted by Gasteiger charge is 2.41. The van der Waals surface area contributed by atoms with Crippen LogP contribution < -0.4 is 14.8 Å². The average molecular weight is 498 g/mol. The number of benzene rings is 1. The van der Waals surface area contributed by atoms with Crippen LogP contribution in [0.25, 0.3) is 10.8 Å². The van der Waals surface area contributed by atoms with Crippen molar-refractivity contribution in [2.45, 2.75) is 65.0 Å². The molecule has 4 atom stereocenters. The molecule has 194 valence electrons. The van der Waals surface area contributed by atoms with E-state index in [4.69, 9.17) is 9.47 Å².